The average molecular weight is 470 g/mol. The number of carboxylic acids is 4. The SMILES string of the molecule is O=C(O)c1ccc(Oc2cccc(S)c2Oc2ccc(C(=O)O)c(C(=O)O)c2)cc1C(=O)O. The molecule has 0 unspecified atom stereocenters. The van der Waals surface area contributed by atoms with E-state index in [9.17, 15) is 29.4 Å². The van der Waals surface area contributed by atoms with Crippen molar-refractivity contribution in [1.82, 2.24) is 0 Å². The molecule has 3 aromatic rings. The molecule has 10 nitrogen and oxygen atoms in total. The van der Waals surface area contributed by atoms with Crippen molar-refractivity contribution in [3.05, 3.63) is 76.9 Å². The fraction of sp³-hybridized carbons (Fsp3) is 0. The third-order valence-electron chi connectivity index (χ3n) is 4.31. The lowest BCUT2D eigenvalue weighted by Crippen LogP contribution is -2.08. The molecule has 168 valence electrons. The highest BCUT2D eigenvalue weighted by Gasteiger charge is 2.20. The van der Waals surface area contributed by atoms with Crippen LogP contribution in [-0.2, 0) is 0 Å². The van der Waals surface area contributed by atoms with Crippen LogP contribution in [0.1, 0.15) is 41.4 Å². The van der Waals surface area contributed by atoms with Crippen LogP contribution in [0.2, 0.25) is 0 Å². The lowest BCUT2D eigenvalue weighted by atomic mass is 10.1. The van der Waals surface area contributed by atoms with Gasteiger partial charge in [0.25, 0.3) is 0 Å². The molecule has 0 saturated heterocycles. The summed E-state index contributed by atoms with van der Waals surface area (Å²) in [6, 6.07) is 11.3. The molecule has 0 aliphatic rings. The maximum atomic E-state index is 11.4. The molecular weight excluding hydrogens is 456 g/mol. The zero-order valence-electron chi connectivity index (χ0n) is 16.4. The molecule has 0 aliphatic carbocycles. The highest BCUT2D eigenvalue weighted by atomic mass is 32.1. The van der Waals surface area contributed by atoms with Crippen molar-refractivity contribution in [2.45, 2.75) is 4.90 Å². The Morgan fingerprint density at radius 2 is 1.06 bits per heavy atom. The Morgan fingerprint density at radius 3 is 1.52 bits per heavy atom. The van der Waals surface area contributed by atoms with Crippen molar-refractivity contribution in [2.75, 3.05) is 0 Å². The van der Waals surface area contributed by atoms with Gasteiger partial charge < -0.3 is 29.9 Å². The topological polar surface area (TPSA) is 168 Å². The van der Waals surface area contributed by atoms with E-state index in [0.717, 1.165) is 24.3 Å². The van der Waals surface area contributed by atoms with Gasteiger partial charge in [-0.3, -0.25) is 0 Å². The number of para-hydroxylation sites is 1. The van der Waals surface area contributed by atoms with E-state index in [1.807, 2.05) is 0 Å². The average Bonchev–Trinajstić information content (AvgIpc) is 2.75. The van der Waals surface area contributed by atoms with E-state index >= 15 is 0 Å². The molecule has 0 fully saturated rings. The standard InChI is InChI=1S/C22H14O10S/c23-19(24)12-6-4-10(8-14(12)21(27)28)31-16-2-1-3-17(33)18(16)32-11-5-7-13(20(25)26)15(9-11)22(29)30/h1-9,33H,(H,23,24)(H,25,26)(H,27,28)(H,29,30). The first-order valence-electron chi connectivity index (χ1n) is 8.97. The Bertz CT molecular complexity index is 1300. The van der Waals surface area contributed by atoms with Crippen molar-refractivity contribution in [1.29, 1.82) is 0 Å². The van der Waals surface area contributed by atoms with Crippen molar-refractivity contribution in [3.63, 3.8) is 0 Å². The summed E-state index contributed by atoms with van der Waals surface area (Å²) in [6.07, 6.45) is 0. The molecule has 0 radical (unpaired) electrons. The second-order valence-corrected chi connectivity index (χ2v) is 6.93. The van der Waals surface area contributed by atoms with E-state index < -0.39 is 46.1 Å². The summed E-state index contributed by atoms with van der Waals surface area (Å²) >= 11 is 4.29. The molecule has 33 heavy (non-hydrogen) atoms. The maximum Gasteiger partial charge on any atom is 0.336 e. The third kappa shape index (κ3) is 5.05. The van der Waals surface area contributed by atoms with Crippen LogP contribution in [0.25, 0.3) is 0 Å². The maximum absolute atomic E-state index is 11.4. The second-order valence-electron chi connectivity index (χ2n) is 6.44. The molecule has 0 aromatic heterocycles. The molecular formula is C22H14O10S. The van der Waals surface area contributed by atoms with E-state index in [1.54, 1.807) is 12.1 Å². The van der Waals surface area contributed by atoms with Gasteiger partial charge in [0.1, 0.15) is 11.5 Å². The highest BCUT2D eigenvalue weighted by molar-refractivity contribution is 7.80. The van der Waals surface area contributed by atoms with E-state index in [-0.39, 0.29) is 27.9 Å². The van der Waals surface area contributed by atoms with Crippen molar-refractivity contribution >= 4 is 36.5 Å². The van der Waals surface area contributed by atoms with Crippen molar-refractivity contribution in [3.8, 4) is 23.0 Å². The number of carboxylic acid groups (broad SMARTS) is 4. The van der Waals surface area contributed by atoms with Gasteiger partial charge in [-0.1, -0.05) is 6.07 Å². The molecule has 0 heterocycles. The first-order chi connectivity index (χ1) is 15.6. The summed E-state index contributed by atoms with van der Waals surface area (Å²) in [4.78, 5) is 45.6. The molecule has 0 atom stereocenters. The highest BCUT2D eigenvalue weighted by Crippen LogP contribution is 2.40. The Kier molecular flexibility index (Phi) is 6.54. The third-order valence-corrected chi connectivity index (χ3v) is 4.66. The van der Waals surface area contributed by atoms with Crippen molar-refractivity contribution < 1.29 is 49.1 Å². The zero-order valence-corrected chi connectivity index (χ0v) is 17.3. The summed E-state index contributed by atoms with van der Waals surface area (Å²) < 4.78 is 11.4. The van der Waals surface area contributed by atoms with Crippen LogP contribution in [0.3, 0.4) is 0 Å². The van der Waals surface area contributed by atoms with E-state index in [2.05, 4.69) is 12.6 Å². The lowest BCUT2D eigenvalue weighted by Gasteiger charge is -2.15. The predicted octanol–water partition coefficient (Wildman–Crippen LogP) is 4.35. The molecule has 0 aliphatic heterocycles. The normalized spacial score (nSPS) is 10.3. The van der Waals surface area contributed by atoms with Crippen LogP contribution in [0.5, 0.6) is 23.0 Å². The van der Waals surface area contributed by atoms with Gasteiger partial charge in [-0.25, -0.2) is 19.2 Å². The molecule has 0 amide bonds. The van der Waals surface area contributed by atoms with Gasteiger partial charge in [0.05, 0.1) is 27.1 Å². The van der Waals surface area contributed by atoms with Crippen LogP contribution in [0, 0.1) is 0 Å². The summed E-state index contributed by atoms with van der Waals surface area (Å²) in [5, 5.41) is 36.9. The minimum atomic E-state index is -1.46. The van der Waals surface area contributed by atoms with Crippen LogP contribution in [0.4, 0.5) is 0 Å². The predicted molar refractivity (Wildman–Crippen MR) is 115 cm³/mol. The molecule has 0 bridgehead atoms. The minimum absolute atomic E-state index is 0.00589. The van der Waals surface area contributed by atoms with Crippen molar-refractivity contribution in [2.24, 2.45) is 0 Å². The first-order valence-corrected chi connectivity index (χ1v) is 9.42. The van der Waals surface area contributed by atoms with Gasteiger partial charge in [-0.15, -0.1) is 12.6 Å². The Morgan fingerprint density at radius 1 is 0.606 bits per heavy atom. The summed E-state index contributed by atoms with van der Waals surface area (Å²) in [5.41, 5.74) is -1.83. The van der Waals surface area contributed by atoms with Gasteiger partial charge in [0.2, 0.25) is 0 Å². The van der Waals surface area contributed by atoms with E-state index in [1.165, 1.54) is 18.2 Å². The summed E-state index contributed by atoms with van der Waals surface area (Å²) in [7, 11) is 0. The number of carbonyl (C=O) groups is 4. The Balaban J connectivity index is 2.00. The van der Waals surface area contributed by atoms with Crippen LogP contribution in [-0.4, -0.2) is 44.3 Å². The quantitative estimate of drug-likeness (QED) is 0.298. The Labute approximate surface area is 190 Å². The van der Waals surface area contributed by atoms with E-state index in [4.69, 9.17) is 19.7 Å². The molecule has 11 heteroatoms. The van der Waals surface area contributed by atoms with Gasteiger partial charge >= 0.3 is 23.9 Å². The fourth-order valence-electron chi connectivity index (χ4n) is 2.83. The smallest absolute Gasteiger partial charge is 0.336 e. The van der Waals surface area contributed by atoms with Crippen LogP contribution < -0.4 is 9.47 Å². The molecule has 4 N–H and O–H groups in total. The van der Waals surface area contributed by atoms with Crippen LogP contribution in [0.15, 0.2) is 59.5 Å². The fourth-order valence-corrected chi connectivity index (χ4v) is 3.07. The minimum Gasteiger partial charge on any atom is -0.478 e. The number of hydrogen-bond donors (Lipinski definition) is 5. The lowest BCUT2D eigenvalue weighted by molar-refractivity contribution is 0.0651. The first kappa shape index (κ1) is 23.2. The van der Waals surface area contributed by atoms with Gasteiger partial charge in [0, 0.05) is 0 Å². The largest absolute Gasteiger partial charge is 0.478 e. The number of thiol groups is 1. The zero-order chi connectivity index (χ0) is 24.3. The number of aromatic carboxylic acids is 4. The van der Waals surface area contributed by atoms with Gasteiger partial charge in [-0.2, -0.15) is 0 Å². The summed E-state index contributed by atoms with van der Waals surface area (Å²) in [5.74, 6) is -5.70. The number of hydrogen-bond acceptors (Lipinski definition) is 7. The monoisotopic (exact) mass is 470 g/mol. The van der Waals surface area contributed by atoms with Gasteiger partial charge in [-0.05, 0) is 48.5 Å². The second kappa shape index (κ2) is 9.32. The molecule has 3 rings (SSSR count). The number of benzene rings is 3. The number of rotatable bonds is 8. The van der Waals surface area contributed by atoms with E-state index in [0.29, 0.717) is 0 Å². The Hall–Kier alpha value is -4.51. The molecule has 0 saturated carbocycles. The van der Waals surface area contributed by atoms with Crippen LogP contribution >= 0.6 is 12.6 Å². The number of ether oxygens (including phenoxy) is 2. The summed E-state index contributed by atoms with van der Waals surface area (Å²) in [6.45, 7) is 0. The molecule has 0 spiro atoms. The van der Waals surface area contributed by atoms with Gasteiger partial charge in [0.15, 0.2) is 11.5 Å². The molecule has 3 aromatic carbocycles.